The summed E-state index contributed by atoms with van der Waals surface area (Å²) in [5, 5.41) is 17.0. The lowest BCUT2D eigenvalue weighted by atomic mass is 10.1. The van der Waals surface area contributed by atoms with E-state index in [2.05, 4.69) is 59.3 Å². The second-order valence-electron chi connectivity index (χ2n) is 10.3. The molecule has 6 aromatic heterocycles. The number of H-pyrrole nitrogens is 1. The van der Waals surface area contributed by atoms with Gasteiger partial charge in [-0.25, -0.2) is 14.8 Å². The highest BCUT2D eigenvalue weighted by Crippen LogP contribution is 2.37. The Labute approximate surface area is 267 Å². The van der Waals surface area contributed by atoms with E-state index in [4.69, 9.17) is 32.5 Å². The number of aryl methyl sites for hydroxylation is 2. The molecule has 6 aromatic rings. The molecule has 0 aliphatic rings. The number of aromatic amines is 1. The van der Waals surface area contributed by atoms with Crippen LogP contribution in [0.3, 0.4) is 0 Å². The lowest BCUT2D eigenvalue weighted by molar-refractivity contribution is 0.333. The highest BCUT2D eigenvalue weighted by molar-refractivity contribution is 6.34. The van der Waals surface area contributed by atoms with Gasteiger partial charge in [0.1, 0.15) is 11.0 Å². The molecule has 6 heterocycles. The summed E-state index contributed by atoms with van der Waals surface area (Å²) in [7, 11) is 3.31. The number of nitrogens with one attached hydrogen (secondary N) is 1. The minimum atomic E-state index is -0.208. The van der Waals surface area contributed by atoms with Gasteiger partial charge in [0, 0.05) is 31.4 Å². The SMILES string of the molecule is CCC(CC)n1c(=O)[nH]c2ncc(Cl)c(-c3noc(C)n3)c21.CCC(CC)n1c(OC)nc2ncc(Cl)c(-c3nnn(C)n3)c21. The van der Waals surface area contributed by atoms with Gasteiger partial charge in [0.05, 0.1) is 35.3 Å². The fraction of sp³-hybridized carbons (Fsp3) is 0.464. The van der Waals surface area contributed by atoms with Gasteiger partial charge >= 0.3 is 5.69 Å². The van der Waals surface area contributed by atoms with Crippen LogP contribution in [0, 0.1) is 6.92 Å². The van der Waals surface area contributed by atoms with E-state index >= 15 is 0 Å². The van der Waals surface area contributed by atoms with Gasteiger partial charge in [-0.1, -0.05) is 56.1 Å². The van der Waals surface area contributed by atoms with Gasteiger partial charge in [0.15, 0.2) is 11.3 Å². The van der Waals surface area contributed by atoms with Crippen LogP contribution >= 0.6 is 23.2 Å². The Kier molecular flexibility index (Phi) is 9.48. The third-order valence-corrected chi connectivity index (χ3v) is 8.18. The summed E-state index contributed by atoms with van der Waals surface area (Å²) in [6, 6.07) is 0.771. The number of aromatic nitrogens is 12. The number of nitrogens with zero attached hydrogens (tertiary/aromatic N) is 11. The number of pyridine rings is 2. The average Bonchev–Trinajstić information content (AvgIpc) is 3.81. The van der Waals surface area contributed by atoms with Crippen LogP contribution in [0.15, 0.2) is 21.7 Å². The molecule has 0 saturated heterocycles. The summed E-state index contributed by atoms with van der Waals surface area (Å²) in [6.45, 7) is 10.0. The molecule has 15 nitrogen and oxygen atoms in total. The van der Waals surface area contributed by atoms with Crippen molar-refractivity contribution in [2.75, 3.05) is 7.11 Å². The van der Waals surface area contributed by atoms with Gasteiger partial charge in [-0.2, -0.15) is 14.8 Å². The van der Waals surface area contributed by atoms with Crippen molar-refractivity contribution in [2.45, 2.75) is 72.4 Å². The van der Waals surface area contributed by atoms with Gasteiger partial charge in [0.25, 0.3) is 6.01 Å². The van der Waals surface area contributed by atoms with Gasteiger partial charge < -0.3 is 9.26 Å². The molecule has 0 aromatic carbocycles. The predicted molar refractivity (Wildman–Crippen MR) is 170 cm³/mol. The fourth-order valence-electron chi connectivity index (χ4n) is 5.44. The molecule has 0 saturated carbocycles. The Morgan fingerprint density at radius 1 is 0.911 bits per heavy atom. The van der Waals surface area contributed by atoms with E-state index in [0.717, 1.165) is 31.2 Å². The third-order valence-electron chi connectivity index (χ3n) is 7.61. The maximum absolute atomic E-state index is 12.4. The first-order chi connectivity index (χ1) is 21.7. The van der Waals surface area contributed by atoms with E-state index < -0.39 is 0 Å². The van der Waals surface area contributed by atoms with Gasteiger partial charge in [-0.15, -0.1) is 10.2 Å². The number of rotatable bonds is 9. The number of hydrogen-bond acceptors (Lipinski definition) is 11. The Morgan fingerprint density at radius 2 is 1.53 bits per heavy atom. The monoisotopic (exact) mass is 656 g/mol. The minimum Gasteiger partial charge on any atom is -0.468 e. The molecule has 6 rings (SSSR count). The quantitative estimate of drug-likeness (QED) is 0.201. The van der Waals surface area contributed by atoms with Crippen LogP contribution < -0.4 is 10.4 Å². The Hall–Kier alpha value is -4.37. The number of fused-ring (bicyclic) bond motifs is 2. The second-order valence-corrected chi connectivity index (χ2v) is 11.1. The standard InChI is InChI=1S/C14H18ClN7O.C14H16ClN5O2/c1-5-8(6-2)22-11-10(12-18-20-21(3)19-12)9(15)7-16-13(11)17-14(22)23-4;1-4-8(5-2)20-11-10(12-17-7(3)22-19-12)9(15)6-16-13(11)18-14(20)21/h7-8H,5-6H2,1-4H3;6,8H,4-5H2,1-3H3,(H,16,18,21). The van der Waals surface area contributed by atoms with Crippen molar-refractivity contribution in [1.82, 2.24) is 59.4 Å². The van der Waals surface area contributed by atoms with Crippen molar-refractivity contribution in [3.63, 3.8) is 0 Å². The topological polar surface area (TPSA) is 173 Å². The maximum Gasteiger partial charge on any atom is 0.327 e. The zero-order valence-corrected chi connectivity index (χ0v) is 27.5. The number of methoxy groups -OCH3 is 1. The number of halogens is 2. The number of tetrazole rings is 1. The van der Waals surface area contributed by atoms with Crippen molar-refractivity contribution in [3.8, 4) is 28.8 Å². The lowest BCUT2D eigenvalue weighted by Crippen LogP contribution is -2.21. The zero-order valence-electron chi connectivity index (χ0n) is 26.0. The van der Waals surface area contributed by atoms with Crippen molar-refractivity contribution < 1.29 is 9.26 Å². The van der Waals surface area contributed by atoms with Gasteiger partial charge in [-0.05, 0) is 30.9 Å². The summed E-state index contributed by atoms with van der Waals surface area (Å²) < 4.78 is 14.2. The molecule has 0 amide bonds. The van der Waals surface area contributed by atoms with E-state index in [-0.39, 0.29) is 17.8 Å². The maximum atomic E-state index is 12.4. The molecule has 17 heteroatoms. The first-order valence-corrected chi connectivity index (χ1v) is 15.4. The molecule has 0 spiro atoms. The largest absolute Gasteiger partial charge is 0.468 e. The van der Waals surface area contributed by atoms with Crippen molar-refractivity contribution in [2.24, 2.45) is 7.05 Å². The summed E-state index contributed by atoms with van der Waals surface area (Å²) in [5.74, 6) is 1.23. The summed E-state index contributed by atoms with van der Waals surface area (Å²) >= 11 is 12.7. The van der Waals surface area contributed by atoms with Gasteiger partial charge in [-0.3, -0.25) is 14.1 Å². The van der Waals surface area contributed by atoms with E-state index in [0.29, 0.717) is 61.5 Å². The molecule has 0 bridgehead atoms. The van der Waals surface area contributed by atoms with Crippen LogP contribution in [0.4, 0.5) is 0 Å². The highest BCUT2D eigenvalue weighted by atomic mass is 35.5. The fourth-order valence-corrected chi connectivity index (χ4v) is 5.88. The zero-order chi connectivity index (χ0) is 32.4. The van der Waals surface area contributed by atoms with E-state index in [9.17, 15) is 4.79 Å². The molecule has 0 aliphatic heterocycles. The molecule has 0 fully saturated rings. The number of hydrogen-bond donors (Lipinski definition) is 1. The highest BCUT2D eigenvalue weighted by Gasteiger charge is 2.26. The van der Waals surface area contributed by atoms with Gasteiger partial charge in [0.2, 0.25) is 17.5 Å². The van der Waals surface area contributed by atoms with Crippen LogP contribution in [-0.4, -0.2) is 66.5 Å². The van der Waals surface area contributed by atoms with Crippen LogP contribution in [0.1, 0.15) is 71.4 Å². The Morgan fingerprint density at radius 3 is 2.09 bits per heavy atom. The van der Waals surface area contributed by atoms with Crippen LogP contribution in [0.25, 0.3) is 45.1 Å². The van der Waals surface area contributed by atoms with E-state index in [1.807, 2.05) is 18.4 Å². The van der Waals surface area contributed by atoms with E-state index in [1.165, 1.54) is 11.0 Å². The van der Waals surface area contributed by atoms with E-state index in [1.54, 1.807) is 31.8 Å². The molecule has 0 atom stereocenters. The Bertz CT molecular complexity index is 2000. The summed E-state index contributed by atoms with van der Waals surface area (Å²) in [6.07, 6.45) is 6.54. The molecule has 45 heavy (non-hydrogen) atoms. The summed E-state index contributed by atoms with van der Waals surface area (Å²) in [5.41, 5.74) is 3.45. The second kappa shape index (κ2) is 13.3. The van der Waals surface area contributed by atoms with Crippen molar-refractivity contribution in [3.05, 3.63) is 38.8 Å². The smallest absolute Gasteiger partial charge is 0.327 e. The molecular weight excluding hydrogens is 623 g/mol. The lowest BCUT2D eigenvalue weighted by Gasteiger charge is -2.18. The van der Waals surface area contributed by atoms with Crippen molar-refractivity contribution in [1.29, 1.82) is 0 Å². The van der Waals surface area contributed by atoms with Crippen LogP contribution in [-0.2, 0) is 7.05 Å². The molecule has 238 valence electrons. The molecule has 0 radical (unpaired) electrons. The number of imidazole rings is 2. The average molecular weight is 658 g/mol. The predicted octanol–water partition coefficient (Wildman–Crippen LogP) is 5.74. The molecular formula is C28H34Cl2N12O3. The number of ether oxygens (including phenoxy) is 1. The summed E-state index contributed by atoms with van der Waals surface area (Å²) in [4.78, 5) is 33.8. The molecule has 1 N–H and O–H groups in total. The molecule has 0 aliphatic carbocycles. The van der Waals surface area contributed by atoms with Crippen LogP contribution in [0.2, 0.25) is 10.0 Å². The Balaban J connectivity index is 0.000000178. The minimum absolute atomic E-state index is 0.0493. The van der Waals surface area contributed by atoms with Crippen LogP contribution in [0.5, 0.6) is 6.01 Å². The third kappa shape index (κ3) is 5.89. The first kappa shape index (κ1) is 32.0. The molecule has 0 unspecified atom stereocenters. The normalized spacial score (nSPS) is 11.6. The van der Waals surface area contributed by atoms with Crippen molar-refractivity contribution >= 4 is 45.5 Å². The first-order valence-electron chi connectivity index (χ1n) is 14.6.